The van der Waals surface area contributed by atoms with Crippen molar-refractivity contribution in [1.29, 1.82) is 0 Å². The Morgan fingerprint density at radius 2 is 1.94 bits per heavy atom. The zero-order valence-electron chi connectivity index (χ0n) is 17.6. The molecule has 0 fully saturated rings. The van der Waals surface area contributed by atoms with Gasteiger partial charge in [-0.25, -0.2) is 4.39 Å². The summed E-state index contributed by atoms with van der Waals surface area (Å²) in [5.41, 5.74) is 0.763. The minimum Gasteiger partial charge on any atom is -0.360 e. The normalized spacial score (nSPS) is 13.3. The van der Waals surface area contributed by atoms with Crippen LogP contribution in [0.2, 0.25) is 0 Å². The molecule has 2 aromatic heterocycles. The fraction of sp³-hybridized carbons (Fsp3) is 0.381. The first-order chi connectivity index (χ1) is 15.5. The van der Waals surface area contributed by atoms with Crippen LogP contribution in [0, 0.1) is 12.7 Å². The van der Waals surface area contributed by atoms with Gasteiger partial charge in [-0.3, -0.25) is 9.59 Å². The van der Waals surface area contributed by atoms with E-state index >= 15 is 0 Å². The summed E-state index contributed by atoms with van der Waals surface area (Å²) in [4.78, 5) is 24.2. The van der Waals surface area contributed by atoms with Crippen molar-refractivity contribution < 1.29 is 18.5 Å². The van der Waals surface area contributed by atoms with Gasteiger partial charge in [-0.05, 0) is 38.0 Å². The number of anilines is 2. The lowest BCUT2D eigenvalue weighted by Gasteiger charge is -2.10. The summed E-state index contributed by atoms with van der Waals surface area (Å²) in [6, 6.07) is 6.11. The molecule has 1 aliphatic heterocycles. The van der Waals surface area contributed by atoms with E-state index in [9.17, 15) is 14.0 Å². The van der Waals surface area contributed by atoms with Crippen molar-refractivity contribution in [1.82, 2.24) is 19.9 Å². The van der Waals surface area contributed by atoms with Crippen LogP contribution in [0.1, 0.15) is 30.8 Å². The van der Waals surface area contributed by atoms with Gasteiger partial charge >= 0.3 is 0 Å². The van der Waals surface area contributed by atoms with E-state index in [4.69, 9.17) is 4.52 Å². The molecule has 0 bridgehead atoms. The Morgan fingerprint density at radius 1 is 1.12 bits per heavy atom. The Kier molecular flexibility index (Phi) is 6.84. The molecule has 1 aliphatic rings. The molecule has 11 heteroatoms. The Labute approximate surface area is 188 Å². The number of carbonyl (C=O) groups is 2. The number of thioether (sulfide) groups is 1. The van der Waals surface area contributed by atoms with E-state index in [-0.39, 0.29) is 23.1 Å². The van der Waals surface area contributed by atoms with E-state index in [1.165, 1.54) is 6.07 Å². The Hall–Kier alpha value is -3.21. The molecule has 0 saturated carbocycles. The summed E-state index contributed by atoms with van der Waals surface area (Å²) in [6.07, 6.45) is 4.14. The van der Waals surface area contributed by atoms with E-state index in [2.05, 4.69) is 30.6 Å². The van der Waals surface area contributed by atoms with Gasteiger partial charge in [-0.2, -0.15) is 0 Å². The van der Waals surface area contributed by atoms with E-state index in [0.717, 1.165) is 49.8 Å². The SMILES string of the molecule is Cc1cc(NC(=O)CSCC(=O)Nc2cc(-c3nnc4n3CCCCC4)ccc2F)no1. The number of aromatic nitrogens is 4. The van der Waals surface area contributed by atoms with E-state index in [1.54, 1.807) is 25.1 Å². The van der Waals surface area contributed by atoms with Gasteiger partial charge in [0.05, 0.1) is 17.2 Å². The van der Waals surface area contributed by atoms with Crippen LogP contribution >= 0.6 is 11.8 Å². The molecule has 0 aliphatic carbocycles. The number of nitrogens with zero attached hydrogens (tertiary/aromatic N) is 4. The number of carbonyl (C=O) groups excluding carboxylic acids is 2. The Morgan fingerprint density at radius 3 is 2.72 bits per heavy atom. The predicted molar refractivity (Wildman–Crippen MR) is 119 cm³/mol. The van der Waals surface area contributed by atoms with Crippen molar-refractivity contribution in [2.75, 3.05) is 22.1 Å². The zero-order valence-corrected chi connectivity index (χ0v) is 18.4. The van der Waals surface area contributed by atoms with Crippen molar-refractivity contribution in [3.05, 3.63) is 41.7 Å². The van der Waals surface area contributed by atoms with Gasteiger partial charge in [0.2, 0.25) is 11.8 Å². The molecule has 9 nitrogen and oxygen atoms in total. The van der Waals surface area contributed by atoms with Crippen molar-refractivity contribution in [3.63, 3.8) is 0 Å². The summed E-state index contributed by atoms with van der Waals surface area (Å²) < 4.78 is 21.3. The van der Waals surface area contributed by atoms with Crippen LogP contribution in [0.3, 0.4) is 0 Å². The largest absolute Gasteiger partial charge is 0.360 e. The highest BCUT2D eigenvalue weighted by molar-refractivity contribution is 8.00. The third kappa shape index (κ3) is 5.34. The minimum absolute atomic E-state index is 0.00470. The average molecular weight is 459 g/mol. The Balaban J connectivity index is 1.34. The Bertz CT molecular complexity index is 1130. The number of aryl methyl sites for hydroxylation is 2. The summed E-state index contributed by atoms with van der Waals surface area (Å²) >= 11 is 1.11. The van der Waals surface area contributed by atoms with E-state index in [0.29, 0.717) is 23.0 Å². The number of hydrogen-bond donors (Lipinski definition) is 2. The maximum Gasteiger partial charge on any atom is 0.235 e. The highest BCUT2D eigenvalue weighted by Crippen LogP contribution is 2.26. The summed E-state index contributed by atoms with van der Waals surface area (Å²) in [5.74, 6) is 1.30. The number of amides is 2. The number of rotatable bonds is 7. The first-order valence-electron chi connectivity index (χ1n) is 10.3. The lowest BCUT2D eigenvalue weighted by Crippen LogP contribution is -2.19. The third-order valence-corrected chi connectivity index (χ3v) is 5.90. The smallest absolute Gasteiger partial charge is 0.235 e. The molecule has 4 rings (SSSR count). The monoisotopic (exact) mass is 458 g/mol. The minimum atomic E-state index is -0.540. The number of halogens is 1. The second-order valence-electron chi connectivity index (χ2n) is 7.51. The van der Waals surface area contributed by atoms with Crippen LogP contribution in [0.15, 0.2) is 28.8 Å². The second kappa shape index (κ2) is 9.94. The van der Waals surface area contributed by atoms with Crippen molar-refractivity contribution in [2.45, 2.75) is 39.2 Å². The summed E-state index contributed by atoms with van der Waals surface area (Å²) in [7, 11) is 0. The first kappa shape index (κ1) is 22.0. The van der Waals surface area contributed by atoms with Gasteiger partial charge in [0.1, 0.15) is 17.4 Å². The molecular formula is C21H23FN6O3S. The maximum atomic E-state index is 14.3. The first-order valence-corrected chi connectivity index (χ1v) is 11.5. The molecule has 2 amide bonds. The van der Waals surface area contributed by atoms with Gasteiger partial charge in [-0.15, -0.1) is 22.0 Å². The molecule has 2 N–H and O–H groups in total. The van der Waals surface area contributed by atoms with Crippen LogP contribution in [-0.2, 0) is 22.6 Å². The quantitative estimate of drug-likeness (QED) is 0.557. The molecule has 168 valence electrons. The number of benzene rings is 1. The van der Waals surface area contributed by atoms with Crippen LogP contribution in [-0.4, -0.2) is 43.2 Å². The molecule has 32 heavy (non-hydrogen) atoms. The lowest BCUT2D eigenvalue weighted by atomic mass is 10.1. The summed E-state index contributed by atoms with van der Waals surface area (Å²) in [6.45, 7) is 2.54. The van der Waals surface area contributed by atoms with Crippen molar-refractivity contribution >= 4 is 35.1 Å². The number of fused-ring (bicyclic) bond motifs is 1. The highest BCUT2D eigenvalue weighted by Gasteiger charge is 2.18. The van der Waals surface area contributed by atoms with Gasteiger partial charge in [0, 0.05) is 24.6 Å². The van der Waals surface area contributed by atoms with Gasteiger partial charge in [-0.1, -0.05) is 11.6 Å². The molecule has 3 aromatic rings. The van der Waals surface area contributed by atoms with Crippen molar-refractivity contribution in [3.8, 4) is 11.4 Å². The lowest BCUT2D eigenvalue weighted by molar-refractivity contribution is -0.114. The zero-order chi connectivity index (χ0) is 22.5. The van der Waals surface area contributed by atoms with Crippen LogP contribution in [0.4, 0.5) is 15.9 Å². The molecule has 0 saturated heterocycles. The maximum absolute atomic E-state index is 14.3. The average Bonchev–Trinajstić information content (AvgIpc) is 3.27. The van der Waals surface area contributed by atoms with Gasteiger partial charge in [0.15, 0.2) is 11.6 Å². The van der Waals surface area contributed by atoms with E-state index in [1.807, 2.05) is 0 Å². The molecular weight excluding hydrogens is 435 g/mol. The third-order valence-electron chi connectivity index (χ3n) is 4.97. The predicted octanol–water partition coefficient (Wildman–Crippen LogP) is 3.42. The molecule has 3 heterocycles. The molecule has 0 atom stereocenters. The summed E-state index contributed by atoms with van der Waals surface area (Å²) in [5, 5.41) is 17.4. The molecule has 0 radical (unpaired) electrons. The van der Waals surface area contributed by atoms with Crippen LogP contribution in [0.25, 0.3) is 11.4 Å². The number of hydrogen-bond acceptors (Lipinski definition) is 7. The van der Waals surface area contributed by atoms with E-state index < -0.39 is 11.7 Å². The van der Waals surface area contributed by atoms with Crippen LogP contribution < -0.4 is 10.6 Å². The second-order valence-corrected chi connectivity index (χ2v) is 8.49. The number of nitrogens with one attached hydrogen (secondary N) is 2. The molecule has 0 spiro atoms. The standard InChI is InChI=1S/C21H23FN6O3S/c1-13-9-17(27-31-13)24-20(30)12-32-11-19(29)23-16-10-14(6-7-15(16)22)21-26-25-18-5-3-2-4-8-28(18)21/h6-7,9-10H,2-5,8,11-12H2,1H3,(H,23,29)(H,24,27,30). The topological polar surface area (TPSA) is 115 Å². The fourth-order valence-corrected chi connectivity index (χ4v) is 4.10. The highest BCUT2D eigenvalue weighted by atomic mass is 32.2. The molecule has 1 aromatic carbocycles. The molecule has 0 unspecified atom stereocenters. The van der Waals surface area contributed by atoms with Gasteiger partial charge in [0.25, 0.3) is 0 Å². The fourth-order valence-electron chi connectivity index (χ4n) is 3.49. The van der Waals surface area contributed by atoms with Crippen molar-refractivity contribution in [2.24, 2.45) is 0 Å². The van der Waals surface area contributed by atoms with Gasteiger partial charge < -0.3 is 19.7 Å². The van der Waals surface area contributed by atoms with Crippen LogP contribution in [0.5, 0.6) is 0 Å².